The Morgan fingerprint density at radius 3 is 2.50 bits per heavy atom. The Hall–Kier alpha value is -1.35. The van der Waals surface area contributed by atoms with Crippen molar-refractivity contribution in [3.05, 3.63) is 69.7 Å². The molecule has 0 amide bonds. The van der Waals surface area contributed by atoms with Crippen molar-refractivity contribution in [2.75, 3.05) is 0 Å². The zero-order valence-electron chi connectivity index (χ0n) is 10.6. The van der Waals surface area contributed by atoms with Crippen molar-refractivity contribution in [1.82, 2.24) is 5.43 Å². The lowest BCUT2D eigenvalue weighted by molar-refractivity contribution is 0.636. The maximum Gasteiger partial charge on any atom is 0.0724 e. The molecule has 2 aromatic carbocycles. The molecule has 1 unspecified atom stereocenters. The van der Waals surface area contributed by atoms with Crippen molar-refractivity contribution in [1.29, 1.82) is 0 Å². The number of aryl methyl sites for hydroxylation is 2. The summed E-state index contributed by atoms with van der Waals surface area (Å²) in [4.78, 5) is 0. The number of hydrogen-bond donors (Lipinski definition) is 2. The molecule has 0 aliphatic heterocycles. The van der Waals surface area contributed by atoms with Crippen LogP contribution in [-0.2, 0) is 0 Å². The van der Waals surface area contributed by atoms with Gasteiger partial charge >= 0.3 is 0 Å². The maximum absolute atomic E-state index is 6.36. The summed E-state index contributed by atoms with van der Waals surface area (Å²) in [6.45, 7) is 4.06. The van der Waals surface area contributed by atoms with Crippen LogP contribution in [0.3, 0.4) is 0 Å². The van der Waals surface area contributed by atoms with E-state index in [0.29, 0.717) is 0 Å². The van der Waals surface area contributed by atoms with Crippen LogP contribution in [0.25, 0.3) is 0 Å². The fraction of sp³-hybridized carbons (Fsp3) is 0.200. The third kappa shape index (κ3) is 2.56. The summed E-state index contributed by atoms with van der Waals surface area (Å²) in [5.41, 5.74) is 7.23. The summed E-state index contributed by atoms with van der Waals surface area (Å²) in [5.74, 6) is 5.70. The van der Waals surface area contributed by atoms with E-state index in [0.717, 1.165) is 21.7 Å². The molecule has 0 aliphatic rings. The number of rotatable bonds is 3. The Morgan fingerprint density at radius 1 is 1.11 bits per heavy atom. The zero-order valence-corrected chi connectivity index (χ0v) is 11.3. The van der Waals surface area contributed by atoms with Crippen molar-refractivity contribution < 1.29 is 0 Å². The first-order chi connectivity index (χ1) is 8.63. The van der Waals surface area contributed by atoms with Gasteiger partial charge in [-0.1, -0.05) is 59.6 Å². The molecule has 0 fully saturated rings. The summed E-state index contributed by atoms with van der Waals surface area (Å²) in [6, 6.07) is 14.2. The first-order valence-electron chi connectivity index (χ1n) is 5.91. The van der Waals surface area contributed by atoms with Gasteiger partial charge in [0.1, 0.15) is 0 Å². The van der Waals surface area contributed by atoms with Crippen molar-refractivity contribution >= 4 is 11.6 Å². The number of halogens is 1. The van der Waals surface area contributed by atoms with Crippen molar-refractivity contribution in [3.8, 4) is 0 Å². The van der Waals surface area contributed by atoms with Gasteiger partial charge in [0, 0.05) is 5.02 Å². The molecule has 0 heterocycles. The first kappa shape index (κ1) is 13.1. The van der Waals surface area contributed by atoms with E-state index < -0.39 is 0 Å². The molecule has 18 heavy (non-hydrogen) atoms. The molecule has 3 N–H and O–H groups in total. The Bertz CT molecular complexity index is 552. The topological polar surface area (TPSA) is 38.0 Å². The molecule has 3 heteroatoms. The smallest absolute Gasteiger partial charge is 0.0724 e. The lowest BCUT2D eigenvalue weighted by Crippen LogP contribution is -2.29. The second kappa shape index (κ2) is 5.53. The molecule has 0 radical (unpaired) electrons. The average Bonchev–Trinajstić information content (AvgIpc) is 2.35. The highest BCUT2D eigenvalue weighted by Crippen LogP contribution is 2.30. The van der Waals surface area contributed by atoms with Crippen molar-refractivity contribution in [2.24, 2.45) is 5.84 Å². The summed E-state index contributed by atoms with van der Waals surface area (Å²) in [6.07, 6.45) is 0. The normalized spacial score (nSPS) is 12.4. The highest BCUT2D eigenvalue weighted by Gasteiger charge is 2.16. The second-order valence-corrected chi connectivity index (χ2v) is 4.87. The Kier molecular flexibility index (Phi) is 4.02. The number of benzene rings is 2. The highest BCUT2D eigenvalue weighted by atomic mass is 35.5. The molecule has 94 valence electrons. The second-order valence-electron chi connectivity index (χ2n) is 4.49. The van der Waals surface area contributed by atoms with Gasteiger partial charge in [-0.2, -0.15) is 0 Å². The lowest BCUT2D eigenvalue weighted by atomic mass is 9.96. The largest absolute Gasteiger partial charge is 0.271 e. The SMILES string of the molecule is Cc1cccc(C(NN)c2cccc(C)c2Cl)c1. The van der Waals surface area contributed by atoms with Gasteiger partial charge in [-0.05, 0) is 30.5 Å². The van der Waals surface area contributed by atoms with E-state index in [1.165, 1.54) is 5.56 Å². The molecular weight excluding hydrogens is 244 g/mol. The van der Waals surface area contributed by atoms with E-state index >= 15 is 0 Å². The van der Waals surface area contributed by atoms with Crippen LogP contribution in [0.5, 0.6) is 0 Å². The summed E-state index contributed by atoms with van der Waals surface area (Å²) in [7, 11) is 0. The molecule has 2 nitrogen and oxygen atoms in total. The van der Waals surface area contributed by atoms with Crippen LogP contribution in [0.1, 0.15) is 28.3 Å². The van der Waals surface area contributed by atoms with Crippen molar-refractivity contribution in [2.45, 2.75) is 19.9 Å². The van der Waals surface area contributed by atoms with Crippen LogP contribution in [0.4, 0.5) is 0 Å². The zero-order chi connectivity index (χ0) is 13.1. The van der Waals surface area contributed by atoms with E-state index in [-0.39, 0.29) is 6.04 Å². The molecule has 0 bridgehead atoms. The predicted octanol–water partition coefficient (Wildman–Crippen LogP) is 3.51. The highest BCUT2D eigenvalue weighted by molar-refractivity contribution is 6.32. The van der Waals surface area contributed by atoms with Crippen LogP contribution < -0.4 is 11.3 Å². The molecule has 0 aliphatic carbocycles. The van der Waals surface area contributed by atoms with Gasteiger partial charge in [0.25, 0.3) is 0 Å². The third-order valence-electron chi connectivity index (χ3n) is 3.07. The number of hydrogen-bond acceptors (Lipinski definition) is 2. The van der Waals surface area contributed by atoms with Crippen molar-refractivity contribution in [3.63, 3.8) is 0 Å². The van der Waals surface area contributed by atoms with Gasteiger partial charge in [0.05, 0.1) is 6.04 Å². The van der Waals surface area contributed by atoms with E-state index in [4.69, 9.17) is 17.4 Å². The summed E-state index contributed by atoms with van der Waals surface area (Å²) in [5, 5.41) is 0.766. The van der Waals surface area contributed by atoms with E-state index in [2.05, 4.69) is 30.5 Å². The molecule has 1 atom stereocenters. The Balaban J connectivity index is 2.49. The number of nitrogens with two attached hydrogens (primary N) is 1. The summed E-state index contributed by atoms with van der Waals surface area (Å²) < 4.78 is 0. The van der Waals surface area contributed by atoms with Crippen LogP contribution in [-0.4, -0.2) is 0 Å². The van der Waals surface area contributed by atoms with Gasteiger partial charge in [-0.25, -0.2) is 5.43 Å². The maximum atomic E-state index is 6.36. The lowest BCUT2D eigenvalue weighted by Gasteiger charge is -2.19. The quantitative estimate of drug-likeness (QED) is 0.655. The van der Waals surface area contributed by atoms with E-state index in [1.54, 1.807) is 0 Å². The van der Waals surface area contributed by atoms with E-state index in [1.807, 2.05) is 31.2 Å². The minimum atomic E-state index is -0.0858. The van der Waals surface area contributed by atoms with Gasteiger partial charge in [0.15, 0.2) is 0 Å². The minimum absolute atomic E-state index is 0.0858. The molecule has 0 saturated carbocycles. The minimum Gasteiger partial charge on any atom is -0.271 e. The van der Waals surface area contributed by atoms with Gasteiger partial charge in [0.2, 0.25) is 0 Å². The van der Waals surface area contributed by atoms with Gasteiger partial charge in [-0.15, -0.1) is 0 Å². The van der Waals surface area contributed by atoms with Gasteiger partial charge < -0.3 is 0 Å². The standard InChI is InChI=1S/C15H17ClN2/c1-10-5-3-7-12(9-10)15(18-17)13-8-4-6-11(2)14(13)16/h3-9,15,18H,17H2,1-2H3. The predicted molar refractivity (Wildman–Crippen MR) is 76.5 cm³/mol. The molecule has 2 rings (SSSR count). The fourth-order valence-corrected chi connectivity index (χ4v) is 2.34. The summed E-state index contributed by atoms with van der Waals surface area (Å²) >= 11 is 6.36. The van der Waals surface area contributed by atoms with E-state index in [9.17, 15) is 0 Å². The molecular formula is C15H17ClN2. The van der Waals surface area contributed by atoms with Crippen LogP contribution in [0.15, 0.2) is 42.5 Å². The fourth-order valence-electron chi connectivity index (χ4n) is 2.11. The Morgan fingerprint density at radius 2 is 1.83 bits per heavy atom. The molecule has 0 aromatic heterocycles. The molecule has 2 aromatic rings. The van der Waals surface area contributed by atoms with Crippen LogP contribution in [0.2, 0.25) is 5.02 Å². The third-order valence-corrected chi connectivity index (χ3v) is 3.59. The van der Waals surface area contributed by atoms with Crippen LogP contribution in [0, 0.1) is 13.8 Å². The molecule has 0 spiro atoms. The van der Waals surface area contributed by atoms with Crippen LogP contribution >= 0.6 is 11.6 Å². The number of hydrazine groups is 1. The number of nitrogens with one attached hydrogen (secondary N) is 1. The monoisotopic (exact) mass is 260 g/mol. The van der Waals surface area contributed by atoms with Gasteiger partial charge in [-0.3, -0.25) is 5.84 Å². The average molecular weight is 261 g/mol. The Labute approximate surface area is 113 Å². The first-order valence-corrected chi connectivity index (χ1v) is 6.29. The molecule has 0 saturated heterocycles.